The average Bonchev–Trinajstić information content (AvgIpc) is 2.35. The molecule has 0 aliphatic rings. The molecule has 1 N–H and O–H groups in total. The van der Waals surface area contributed by atoms with Crippen molar-refractivity contribution in [1.82, 2.24) is 0 Å². The van der Waals surface area contributed by atoms with Crippen LogP contribution in [0.4, 0.5) is 0 Å². The summed E-state index contributed by atoms with van der Waals surface area (Å²) in [5.74, 6) is 0.704. The SMILES string of the molecule is COCCCOc1cccc(C(O)CC#N)c1. The van der Waals surface area contributed by atoms with Gasteiger partial charge in [-0.25, -0.2) is 0 Å². The van der Waals surface area contributed by atoms with E-state index in [1.807, 2.05) is 18.2 Å². The van der Waals surface area contributed by atoms with Crippen molar-refractivity contribution < 1.29 is 14.6 Å². The molecule has 0 fully saturated rings. The van der Waals surface area contributed by atoms with Gasteiger partial charge in [0.2, 0.25) is 0 Å². The summed E-state index contributed by atoms with van der Waals surface area (Å²) in [4.78, 5) is 0. The number of benzene rings is 1. The minimum Gasteiger partial charge on any atom is -0.493 e. The molecule has 0 spiro atoms. The van der Waals surface area contributed by atoms with Gasteiger partial charge in [-0.2, -0.15) is 5.26 Å². The van der Waals surface area contributed by atoms with Crippen molar-refractivity contribution in [3.05, 3.63) is 29.8 Å². The fourth-order valence-electron chi connectivity index (χ4n) is 1.41. The summed E-state index contributed by atoms with van der Waals surface area (Å²) < 4.78 is 10.4. The number of nitrogens with zero attached hydrogens (tertiary/aromatic N) is 1. The lowest BCUT2D eigenvalue weighted by Gasteiger charge is -2.10. The zero-order chi connectivity index (χ0) is 12.5. The number of nitriles is 1. The molecule has 92 valence electrons. The summed E-state index contributed by atoms with van der Waals surface area (Å²) in [5, 5.41) is 18.2. The van der Waals surface area contributed by atoms with Gasteiger partial charge in [-0.15, -0.1) is 0 Å². The molecule has 4 heteroatoms. The van der Waals surface area contributed by atoms with Crippen LogP contribution < -0.4 is 4.74 Å². The van der Waals surface area contributed by atoms with Crippen LogP contribution in [0.15, 0.2) is 24.3 Å². The Balaban J connectivity index is 2.51. The van der Waals surface area contributed by atoms with Crippen LogP contribution in [0, 0.1) is 11.3 Å². The quantitative estimate of drug-likeness (QED) is 0.735. The van der Waals surface area contributed by atoms with E-state index in [0.717, 1.165) is 6.42 Å². The number of aliphatic hydroxyl groups excluding tert-OH is 1. The maximum atomic E-state index is 9.66. The largest absolute Gasteiger partial charge is 0.493 e. The minimum absolute atomic E-state index is 0.0904. The Morgan fingerprint density at radius 2 is 2.24 bits per heavy atom. The van der Waals surface area contributed by atoms with E-state index in [2.05, 4.69) is 0 Å². The molecule has 0 amide bonds. The smallest absolute Gasteiger partial charge is 0.119 e. The molecule has 4 nitrogen and oxygen atoms in total. The molecule has 1 aromatic carbocycles. The van der Waals surface area contributed by atoms with Gasteiger partial charge in [0.15, 0.2) is 0 Å². The first-order chi connectivity index (χ1) is 8.27. The van der Waals surface area contributed by atoms with Gasteiger partial charge in [-0.1, -0.05) is 12.1 Å². The van der Waals surface area contributed by atoms with Crippen molar-refractivity contribution in [2.24, 2.45) is 0 Å². The van der Waals surface area contributed by atoms with Gasteiger partial charge in [0.05, 0.1) is 25.2 Å². The second-order valence-corrected chi connectivity index (χ2v) is 3.65. The number of rotatable bonds is 7. The molecule has 1 atom stereocenters. The second kappa shape index (κ2) is 7.66. The van der Waals surface area contributed by atoms with Crippen LogP contribution in [0.1, 0.15) is 24.5 Å². The topological polar surface area (TPSA) is 62.5 Å². The zero-order valence-corrected chi connectivity index (χ0v) is 9.93. The standard InChI is InChI=1S/C13H17NO3/c1-16-8-3-9-17-12-5-2-4-11(10-12)13(15)6-7-14/h2,4-5,10,13,15H,3,6,8-9H2,1H3. The lowest BCUT2D eigenvalue weighted by Crippen LogP contribution is -2.02. The van der Waals surface area contributed by atoms with Crippen LogP contribution in [0.5, 0.6) is 5.75 Å². The summed E-state index contributed by atoms with van der Waals surface area (Å²) in [6.45, 7) is 1.24. The van der Waals surface area contributed by atoms with E-state index in [0.29, 0.717) is 24.5 Å². The maximum absolute atomic E-state index is 9.66. The molecule has 0 saturated carbocycles. The van der Waals surface area contributed by atoms with Gasteiger partial charge in [-0.3, -0.25) is 0 Å². The van der Waals surface area contributed by atoms with Gasteiger partial charge in [-0.05, 0) is 17.7 Å². The van der Waals surface area contributed by atoms with Gasteiger partial charge < -0.3 is 14.6 Å². The highest BCUT2D eigenvalue weighted by atomic mass is 16.5. The molecule has 0 saturated heterocycles. The Kier molecular flexibility index (Phi) is 6.08. The fraction of sp³-hybridized carbons (Fsp3) is 0.462. The number of hydrogen-bond acceptors (Lipinski definition) is 4. The van der Waals surface area contributed by atoms with Crippen LogP contribution in [-0.2, 0) is 4.74 Å². The summed E-state index contributed by atoms with van der Waals surface area (Å²) in [6.07, 6.45) is 0.164. The lowest BCUT2D eigenvalue weighted by atomic mass is 10.1. The van der Waals surface area contributed by atoms with E-state index < -0.39 is 6.10 Å². The van der Waals surface area contributed by atoms with Gasteiger partial charge in [0.25, 0.3) is 0 Å². The zero-order valence-electron chi connectivity index (χ0n) is 9.93. The summed E-state index contributed by atoms with van der Waals surface area (Å²) >= 11 is 0. The number of ether oxygens (including phenoxy) is 2. The molecule has 1 aromatic rings. The van der Waals surface area contributed by atoms with Crippen molar-refractivity contribution in [2.75, 3.05) is 20.3 Å². The third-order valence-electron chi connectivity index (χ3n) is 2.29. The molecular weight excluding hydrogens is 218 g/mol. The normalized spacial score (nSPS) is 11.8. The molecule has 17 heavy (non-hydrogen) atoms. The lowest BCUT2D eigenvalue weighted by molar-refractivity contribution is 0.170. The van der Waals surface area contributed by atoms with E-state index in [1.54, 1.807) is 19.2 Å². The fourth-order valence-corrected chi connectivity index (χ4v) is 1.41. The number of hydrogen-bond donors (Lipinski definition) is 1. The van der Waals surface area contributed by atoms with Crippen molar-refractivity contribution in [3.63, 3.8) is 0 Å². The molecule has 0 bridgehead atoms. The molecule has 0 aromatic heterocycles. The third kappa shape index (κ3) is 4.85. The van der Waals surface area contributed by atoms with E-state index in [-0.39, 0.29) is 6.42 Å². The Bertz CT molecular complexity index is 373. The highest BCUT2D eigenvalue weighted by Gasteiger charge is 2.07. The van der Waals surface area contributed by atoms with Crippen LogP contribution in [0.3, 0.4) is 0 Å². The molecule has 0 aliphatic carbocycles. The Hall–Kier alpha value is -1.57. The number of aliphatic hydroxyl groups is 1. The Morgan fingerprint density at radius 1 is 1.41 bits per heavy atom. The second-order valence-electron chi connectivity index (χ2n) is 3.65. The molecule has 1 unspecified atom stereocenters. The highest BCUT2D eigenvalue weighted by Crippen LogP contribution is 2.21. The van der Waals surface area contributed by atoms with E-state index in [9.17, 15) is 5.11 Å². The van der Waals surface area contributed by atoms with Crippen molar-refractivity contribution in [3.8, 4) is 11.8 Å². The van der Waals surface area contributed by atoms with Crippen molar-refractivity contribution in [1.29, 1.82) is 5.26 Å². The van der Waals surface area contributed by atoms with Crippen LogP contribution in [-0.4, -0.2) is 25.4 Å². The van der Waals surface area contributed by atoms with Gasteiger partial charge in [0, 0.05) is 20.1 Å². The first-order valence-corrected chi connectivity index (χ1v) is 5.54. The predicted octanol–water partition coefficient (Wildman–Crippen LogP) is 2.05. The molecular formula is C13H17NO3. The first kappa shape index (κ1) is 13.5. The first-order valence-electron chi connectivity index (χ1n) is 5.54. The van der Waals surface area contributed by atoms with Crippen LogP contribution >= 0.6 is 0 Å². The van der Waals surface area contributed by atoms with E-state index in [4.69, 9.17) is 14.7 Å². The third-order valence-corrected chi connectivity index (χ3v) is 2.29. The van der Waals surface area contributed by atoms with E-state index >= 15 is 0 Å². The summed E-state index contributed by atoms with van der Waals surface area (Å²) in [5.41, 5.74) is 0.704. The van der Waals surface area contributed by atoms with Crippen molar-refractivity contribution >= 4 is 0 Å². The van der Waals surface area contributed by atoms with Crippen molar-refractivity contribution in [2.45, 2.75) is 18.9 Å². The monoisotopic (exact) mass is 235 g/mol. The van der Waals surface area contributed by atoms with Crippen LogP contribution in [0.25, 0.3) is 0 Å². The summed E-state index contributed by atoms with van der Waals surface area (Å²) in [6, 6.07) is 9.11. The molecule has 0 aliphatic heterocycles. The van der Waals surface area contributed by atoms with Gasteiger partial charge >= 0.3 is 0 Å². The average molecular weight is 235 g/mol. The number of methoxy groups -OCH3 is 1. The Labute approximate surface area is 101 Å². The maximum Gasteiger partial charge on any atom is 0.119 e. The molecule has 1 rings (SSSR count). The molecule has 0 radical (unpaired) electrons. The summed E-state index contributed by atoms with van der Waals surface area (Å²) in [7, 11) is 1.65. The predicted molar refractivity (Wildman–Crippen MR) is 63.6 cm³/mol. The Morgan fingerprint density at radius 3 is 2.94 bits per heavy atom. The van der Waals surface area contributed by atoms with E-state index in [1.165, 1.54) is 0 Å². The van der Waals surface area contributed by atoms with Gasteiger partial charge in [0.1, 0.15) is 5.75 Å². The minimum atomic E-state index is -0.748. The van der Waals surface area contributed by atoms with Crippen LogP contribution in [0.2, 0.25) is 0 Å². The molecule has 0 heterocycles. The highest BCUT2D eigenvalue weighted by molar-refractivity contribution is 5.30.